The van der Waals surface area contributed by atoms with Crippen LogP contribution in [0.1, 0.15) is 5.56 Å². The molecule has 0 saturated carbocycles. The number of aromatic nitrogens is 3. The fraction of sp³-hybridized carbons (Fsp3) is 0.400. The summed E-state index contributed by atoms with van der Waals surface area (Å²) in [7, 11) is 1.85. The van der Waals surface area contributed by atoms with Crippen molar-refractivity contribution in [2.24, 2.45) is 7.05 Å². The summed E-state index contributed by atoms with van der Waals surface area (Å²) in [6.07, 6.45) is 5.68. The van der Waals surface area contributed by atoms with Crippen molar-refractivity contribution in [2.75, 3.05) is 31.1 Å². The molecule has 1 fully saturated rings. The first kappa shape index (κ1) is 14.8. The highest BCUT2D eigenvalue weighted by Gasteiger charge is 2.22. The first-order chi connectivity index (χ1) is 10.6. The Kier molecular flexibility index (Phi) is 4.29. The van der Waals surface area contributed by atoms with Crippen LogP contribution in [0.15, 0.2) is 30.7 Å². The van der Waals surface area contributed by atoms with E-state index in [9.17, 15) is 4.79 Å². The third-order valence-electron chi connectivity index (χ3n) is 3.78. The number of hydrogen-bond acceptors (Lipinski definition) is 4. The van der Waals surface area contributed by atoms with Gasteiger partial charge in [0.2, 0.25) is 5.91 Å². The van der Waals surface area contributed by atoms with Crippen LogP contribution in [-0.4, -0.2) is 51.8 Å². The summed E-state index contributed by atoms with van der Waals surface area (Å²) in [4.78, 5) is 20.7. The molecule has 116 valence electrons. The lowest BCUT2D eigenvalue weighted by atomic mass is 10.2. The molecule has 0 radical (unpaired) electrons. The maximum atomic E-state index is 12.3. The van der Waals surface area contributed by atoms with Crippen LogP contribution in [0.25, 0.3) is 0 Å². The lowest BCUT2D eigenvalue weighted by molar-refractivity contribution is -0.130. The number of pyridine rings is 1. The largest absolute Gasteiger partial charge is 0.353 e. The second-order valence-corrected chi connectivity index (χ2v) is 5.84. The number of halogens is 1. The van der Waals surface area contributed by atoms with Crippen LogP contribution in [0.2, 0.25) is 5.02 Å². The van der Waals surface area contributed by atoms with E-state index in [4.69, 9.17) is 11.6 Å². The highest BCUT2D eigenvalue weighted by Crippen LogP contribution is 2.16. The van der Waals surface area contributed by atoms with Crippen molar-refractivity contribution in [3.05, 3.63) is 41.3 Å². The summed E-state index contributed by atoms with van der Waals surface area (Å²) >= 11 is 5.85. The van der Waals surface area contributed by atoms with Gasteiger partial charge in [0.1, 0.15) is 5.82 Å². The van der Waals surface area contributed by atoms with Gasteiger partial charge < -0.3 is 9.80 Å². The maximum Gasteiger partial charge on any atom is 0.227 e. The molecule has 2 aromatic heterocycles. The summed E-state index contributed by atoms with van der Waals surface area (Å²) in [5.74, 6) is 1.06. The zero-order chi connectivity index (χ0) is 15.5. The summed E-state index contributed by atoms with van der Waals surface area (Å²) in [5.41, 5.74) is 0.953. The van der Waals surface area contributed by atoms with E-state index in [1.165, 1.54) is 0 Å². The summed E-state index contributed by atoms with van der Waals surface area (Å²) < 4.78 is 1.72. The van der Waals surface area contributed by atoms with Crippen molar-refractivity contribution in [1.82, 2.24) is 19.7 Å². The van der Waals surface area contributed by atoms with Gasteiger partial charge in [-0.3, -0.25) is 9.48 Å². The van der Waals surface area contributed by atoms with Gasteiger partial charge in [0.15, 0.2) is 0 Å². The van der Waals surface area contributed by atoms with Crippen molar-refractivity contribution in [1.29, 1.82) is 0 Å². The van der Waals surface area contributed by atoms with Crippen LogP contribution in [0.4, 0.5) is 5.82 Å². The lowest BCUT2D eigenvalue weighted by Gasteiger charge is -2.35. The van der Waals surface area contributed by atoms with Gasteiger partial charge in [0.05, 0.1) is 17.6 Å². The smallest absolute Gasteiger partial charge is 0.227 e. The van der Waals surface area contributed by atoms with E-state index in [0.29, 0.717) is 24.5 Å². The molecular formula is C15H18ClN5O. The summed E-state index contributed by atoms with van der Waals surface area (Å²) in [6.45, 7) is 2.99. The van der Waals surface area contributed by atoms with Crippen molar-refractivity contribution >= 4 is 23.3 Å². The van der Waals surface area contributed by atoms with E-state index in [1.807, 2.05) is 30.3 Å². The summed E-state index contributed by atoms with van der Waals surface area (Å²) in [5, 5.41) is 4.73. The van der Waals surface area contributed by atoms with Crippen molar-refractivity contribution in [3.8, 4) is 0 Å². The molecule has 0 aromatic carbocycles. The fourth-order valence-corrected chi connectivity index (χ4v) is 2.70. The quantitative estimate of drug-likeness (QED) is 0.857. The minimum absolute atomic E-state index is 0.150. The molecule has 0 aliphatic carbocycles. The molecule has 0 spiro atoms. The second-order valence-electron chi connectivity index (χ2n) is 5.40. The zero-order valence-corrected chi connectivity index (χ0v) is 13.2. The third kappa shape index (κ3) is 3.39. The Balaban J connectivity index is 1.54. The van der Waals surface area contributed by atoms with Crippen LogP contribution in [-0.2, 0) is 18.3 Å². The van der Waals surface area contributed by atoms with Gasteiger partial charge in [0, 0.05) is 45.6 Å². The molecule has 1 amide bonds. The van der Waals surface area contributed by atoms with Crippen LogP contribution in [0, 0.1) is 0 Å². The van der Waals surface area contributed by atoms with Gasteiger partial charge in [-0.05, 0) is 17.7 Å². The number of anilines is 1. The Morgan fingerprint density at radius 3 is 2.59 bits per heavy atom. The van der Waals surface area contributed by atoms with E-state index in [1.54, 1.807) is 17.1 Å². The lowest BCUT2D eigenvalue weighted by Crippen LogP contribution is -2.49. The van der Waals surface area contributed by atoms with E-state index >= 15 is 0 Å². The predicted molar refractivity (Wildman–Crippen MR) is 85.0 cm³/mol. The minimum Gasteiger partial charge on any atom is -0.353 e. The molecule has 0 bridgehead atoms. The van der Waals surface area contributed by atoms with Crippen LogP contribution in [0.5, 0.6) is 0 Å². The monoisotopic (exact) mass is 319 g/mol. The molecule has 22 heavy (non-hydrogen) atoms. The van der Waals surface area contributed by atoms with E-state index in [-0.39, 0.29) is 5.91 Å². The third-order valence-corrected chi connectivity index (χ3v) is 4.01. The molecule has 3 rings (SSSR count). The number of piperazine rings is 1. The first-order valence-corrected chi connectivity index (χ1v) is 7.61. The van der Waals surface area contributed by atoms with E-state index < -0.39 is 0 Å². The maximum absolute atomic E-state index is 12.3. The molecule has 1 aliphatic rings. The minimum atomic E-state index is 0.150. The van der Waals surface area contributed by atoms with Crippen molar-refractivity contribution in [2.45, 2.75) is 6.42 Å². The second kappa shape index (κ2) is 6.36. The van der Waals surface area contributed by atoms with Gasteiger partial charge in [-0.2, -0.15) is 5.10 Å². The standard InChI is InChI=1S/C15H18ClN5O/c1-19-11-12(9-18-19)8-15(22)21-6-4-20(5-7-21)14-3-2-13(16)10-17-14/h2-3,9-11H,4-8H2,1H3. The average molecular weight is 320 g/mol. The van der Waals surface area contributed by atoms with Crippen LogP contribution < -0.4 is 4.90 Å². The predicted octanol–water partition coefficient (Wildman–Crippen LogP) is 1.36. The molecule has 0 atom stereocenters. The van der Waals surface area contributed by atoms with Crippen LogP contribution in [0.3, 0.4) is 0 Å². The molecule has 0 unspecified atom stereocenters. The Morgan fingerprint density at radius 2 is 2.00 bits per heavy atom. The number of amides is 1. The number of nitrogens with zero attached hydrogens (tertiary/aromatic N) is 5. The molecule has 3 heterocycles. The number of carbonyl (C=O) groups is 1. The van der Waals surface area contributed by atoms with Gasteiger partial charge in [-0.25, -0.2) is 4.98 Å². The zero-order valence-electron chi connectivity index (χ0n) is 12.4. The first-order valence-electron chi connectivity index (χ1n) is 7.23. The number of carbonyl (C=O) groups excluding carboxylic acids is 1. The average Bonchev–Trinajstić information content (AvgIpc) is 2.93. The van der Waals surface area contributed by atoms with Crippen molar-refractivity contribution < 1.29 is 4.79 Å². The molecule has 1 aliphatic heterocycles. The number of rotatable bonds is 3. The highest BCUT2D eigenvalue weighted by atomic mass is 35.5. The highest BCUT2D eigenvalue weighted by molar-refractivity contribution is 6.30. The normalized spacial score (nSPS) is 15.2. The number of hydrogen-bond donors (Lipinski definition) is 0. The molecular weight excluding hydrogens is 302 g/mol. The molecule has 1 saturated heterocycles. The topological polar surface area (TPSA) is 54.3 Å². The molecule has 6 nitrogen and oxygen atoms in total. The van der Waals surface area contributed by atoms with Gasteiger partial charge >= 0.3 is 0 Å². The number of aryl methyl sites for hydroxylation is 1. The van der Waals surface area contributed by atoms with Gasteiger partial charge in [0.25, 0.3) is 0 Å². The molecule has 2 aromatic rings. The Morgan fingerprint density at radius 1 is 1.23 bits per heavy atom. The SMILES string of the molecule is Cn1cc(CC(=O)N2CCN(c3ccc(Cl)cn3)CC2)cn1. The summed E-state index contributed by atoms with van der Waals surface area (Å²) in [6, 6.07) is 3.75. The Labute approximate surface area is 134 Å². The molecule has 7 heteroatoms. The van der Waals surface area contributed by atoms with Crippen LogP contribution >= 0.6 is 11.6 Å². The van der Waals surface area contributed by atoms with E-state index in [2.05, 4.69) is 15.0 Å². The Hall–Kier alpha value is -2.08. The Bertz CT molecular complexity index is 646. The van der Waals surface area contributed by atoms with Crippen molar-refractivity contribution in [3.63, 3.8) is 0 Å². The van der Waals surface area contributed by atoms with Gasteiger partial charge in [-0.15, -0.1) is 0 Å². The van der Waals surface area contributed by atoms with Gasteiger partial charge in [-0.1, -0.05) is 11.6 Å². The molecule has 0 N–H and O–H groups in total. The van der Waals surface area contributed by atoms with E-state index in [0.717, 1.165) is 24.5 Å². The fourth-order valence-electron chi connectivity index (χ4n) is 2.59.